The summed E-state index contributed by atoms with van der Waals surface area (Å²) >= 11 is 0. The Bertz CT molecular complexity index is 1140. The van der Waals surface area contributed by atoms with E-state index in [1.54, 1.807) is 11.8 Å². The average molecular weight is 401 g/mol. The first-order valence-corrected chi connectivity index (χ1v) is 9.48. The zero-order chi connectivity index (χ0) is 20.7. The minimum atomic E-state index is -0.809. The molecular formula is C20H21F2N5O2. The fourth-order valence-electron chi connectivity index (χ4n) is 3.82. The van der Waals surface area contributed by atoms with Crippen LogP contribution in [0, 0.1) is 11.6 Å². The van der Waals surface area contributed by atoms with Crippen molar-refractivity contribution in [3.8, 4) is 0 Å². The van der Waals surface area contributed by atoms with Crippen molar-refractivity contribution in [2.75, 3.05) is 24.5 Å². The first-order valence-electron chi connectivity index (χ1n) is 9.48. The van der Waals surface area contributed by atoms with Crippen LogP contribution in [0.2, 0.25) is 0 Å². The summed E-state index contributed by atoms with van der Waals surface area (Å²) < 4.78 is 33.1. The number of aromatic nitrogens is 3. The molecule has 1 aliphatic rings. The van der Waals surface area contributed by atoms with Gasteiger partial charge < -0.3 is 14.8 Å². The molecule has 1 fully saturated rings. The highest BCUT2D eigenvalue weighted by Crippen LogP contribution is 2.30. The summed E-state index contributed by atoms with van der Waals surface area (Å²) in [7, 11) is 0. The minimum Gasteiger partial charge on any atom is -0.364 e. The molecule has 4 rings (SSSR count). The quantitative estimate of drug-likeness (QED) is 0.727. The lowest BCUT2D eigenvalue weighted by Crippen LogP contribution is -2.49. The van der Waals surface area contributed by atoms with E-state index in [-0.39, 0.29) is 28.2 Å². The number of carbonyl (C=O) groups is 1. The molecule has 0 aliphatic carbocycles. The van der Waals surface area contributed by atoms with Crippen LogP contribution in [0.15, 0.2) is 35.8 Å². The van der Waals surface area contributed by atoms with Crippen LogP contribution in [0.25, 0.3) is 10.9 Å². The zero-order valence-electron chi connectivity index (χ0n) is 16.2. The third-order valence-corrected chi connectivity index (χ3v) is 5.22. The van der Waals surface area contributed by atoms with E-state index in [9.17, 15) is 14.0 Å². The van der Waals surface area contributed by atoms with Gasteiger partial charge in [-0.15, -0.1) is 0 Å². The summed E-state index contributed by atoms with van der Waals surface area (Å²) in [5.74, 6) is -2.19. The number of nitrogens with one attached hydrogen (secondary N) is 1. The van der Waals surface area contributed by atoms with Crippen LogP contribution < -0.4 is 15.6 Å². The van der Waals surface area contributed by atoms with E-state index in [4.69, 9.17) is 0 Å². The number of anilines is 1. The van der Waals surface area contributed by atoms with Gasteiger partial charge in [-0.1, -0.05) is 0 Å². The van der Waals surface area contributed by atoms with Crippen LogP contribution in [0.5, 0.6) is 0 Å². The predicted octanol–water partition coefficient (Wildman–Crippen LogP) is 1.98. The molecule has 2 aromatic heterocycles. The van der Waals surface area contributed by atoms with Crippen LogP contribution in [0.3, 0.4) is 0 Å². The number of piperazine rings is 1. The lowest BCUT2D eigenvalue weighted by Gasteiger charge is -2.34. The van der Waals surface area contributed by atoms with Gasteiger partial charge in [0.2, 0.25) is 5.43 Å². The Morgan fingerprint density at radius 3 is 2.83 bits per heavy atom. The Morgan fingerprint density at radius 1 is 1.38 bits per heavy atom. The molecule has 0 spiro atoms. The molecule has 9 heteroatoms. The Balaban J connectivity index is 1.94. The summed E-state index contributed by atoms with van der Waals surface area (Å²) in [6.07, 6.45) is 5.44. The summed E-state index contributed by atoms with van der Waals surface area (Å²) in [6.45, 7) is 5.53. The van der Waals surface area contributed by atoms with Crippen molar-refractivity contribution >= 4 is 22.5 Å². The van der Waals surface area contributed by atoms with Crippen molar-refractivity contribution in [2.45, 2.75) is 26.4 Å². The highest BCUT2D eigenvalue weighted by Gasteiger charge is 2.27. The first kappa shape index (κ1) is 19.3. The molecule has 1 aromatic carbocycles. The molecule has 0 amide bonds. The monoisotopic (exact) mass is 401 g/mol. The van der Waals surface area contributed by atoms with Crippen LogP contribution in [-0.4, -0.2) is 45.7 Å². The van der Waals surface area contributed by atoms with Gasteiger partial charge in [-0.2, -0.15) is 0 Å². The molecule has 1 N–H and O–H groups in total. The van der Waals surface area contributed by atoms with Gasteiger partial charge in [-0.3, -0.25) is 14.2 Å². The highest BCUT2D eigenvalue weighted by molar-refractivity contribution is 5.99. The van der Waals surface area contributed by atoms with E-state index in [2.05, 4.69) is 10.3 Å². The maximum atomic E-state index is 15.5. The van der Waals surface area contributed by atoms with Gasteiger partial charge in [0.1, 0.15) is 23.4 Å². The molecule has 1 unspecified atom stereocenters. The van der Waals surface area contributed by atoms with Crippen molar-refractivity contribution in [1.29, 1.82) is 0 Å². The normalized spacial score (nSPS) is 17.1. The lowest BCUT2D eigenvalue weighted by molar-refractivity contribution is 0.0958. The summed E-state index contributed by atoms with van der Waals surface area (Å²) in [5, 5.41) is 3.08. The Kier molecular flexibility index (Phi) is 4.91. The van der Waals surface area contributed by atoms with Gasteiger partial charge >= 0.3 is 0 Å². The number of imidazole rings is 1. The Hall–Kier alpha value is -3.07. The first-order chi connectivity index (χ1) is 13.9. The number of hydrogen-bond donors (Lipinski definition) is 1. The van der Waals surface area contributed by atoms with Crippen LogP contribution in [0.4, 0.5) is 14.5 Å². The van der Waals surface area contributed by atoms with E-state index >= 15 is 4.39 Å². The van der Waals surface area contributed by atoms with Gasteiger partial charge in [0, 0.05) is 50.8 Å². The number of rotatable bonds is 3. The number of pyridine rings is 1. The largest absolute Gasteiger partial charge is 0.364 e. The van der Waals surface area contributed by atoms with Crippen molar-refractivity contribution in [3.63, 3.8) is 0 Å². The highest BCUT2D eigenvalue weighted by atomic mass is 19.1. The average Bonchev–Trinajstić information content (AvgIpc) is 3.23. The van der Waals surface area contributed by atoms with Crippen molar-refractivity contribution in [2.24, 2.45) is 0 Å². The number of halogens is 2. The molecule has 1 saturated heterocycles. The maximum absolute atomic E-state index is 15.5. The van der Waals surface area contributed by atoms with E-state index in [0.29, 0.717) is 26.2 Å². The van der Waals surface area contributed by atoms with Crippen LogP contribution in [-0.2, 0) is 6.54 Å². The van der Waals surface area contributed by atoms with Crippen molar-refractivity contribution in [1.82, 2.24) is 19.4 Å². The molecule has 3 heterocycles. The molecule has 29 heavy (non-hydrogen) atoms. The summed E-state index contributed by atoms with van der Waals surface area (Å²) in [5.41, 5.74) is -1.01. The maximum Gasteiger partial charge on any atom is 0.268 e. The number of aryl methyl sites for hydroxylation is 1. The summed E-state index contributed by atoms with van der Waals surface area (Å²) in [4.78, 5) is 31.1. The SMILES string of the molecule is CCn1cc(C(=O)n2ccnc2)c(=O)c2cc(F)c(N3CCNC(C)C3)c(F)c21. The number of carbonyl (C=O) groups excluding carboxylic acids is 1. The molecule has 0 radical (unpaired) electrons. The van der Waals surface area contributed by atoms with Gasteiger partial charge in [0.15, 0.2) is 5.82 Å². The van der Waals surface area contributed by atoms with E-state index < -0.39 is 23.0 Å². The second kappa shape index (κ2) is 7.40. The Labute approximate surface area is 165 Å². The van der Waals surface area contributed by atoms with Crippen LogP contribution in [0.1, 0.15) is 24.2 Å². The third kappa shape index (κ3) is 3.21. The standard InChI is InChI=1S/C20H21F2N5O2/c1-3-25-10-14(20(29)27-6-4-23-11-27)19(28)13-8-15(21)18(16(22)17(13)25)26-7-5-24-12(2)9-26/h4,6,8,10-12,24H,3,5,7,9H2,1-2H3. The Morgan fingerprint density at radius 2 is 2.17 bits per heavy atom. The topological polar surface area (TPSA) is 72.2 Å². The molecule has 0 bridgehead atoms. The zero-order valence-corrected chi connectivity index (χ0v) is 16.2. The van der Waals surface area contributed by atoms with Crippen LogP contribution >= 0.6 is 0 Å². The summed E-state index contributed by atoms with van der Waals surface area (Å²) in [6, 6.07) is 1.13. The van der Waals surface area contributed by atoms with Gasteiger partial charge in [0.25, 0.3) is 5.91 Å². The molecule has 1 aliphatic heterocycles. The van der Waals surface area contributed by atoms with E-state index in [1.165, 1.54) is 29.5 Å². The minimum absolute atomic E-state index is 0.00210. The molecule has 7 nitrogen and oxygen atoms in total. The fraction of sp³-hybridized carbons (Fsp3) is 0.350. The third-order valence-electron chi connectivity index (χ3n) is 5.22. The number of fused-ring (bicyclic) bond motifs is 1. The van der Waals surface area contributed by atoms with Gasteiger partial charge in [0.05, 0.1) is 10.9 Å². The molecular weight excluding hydrogens is 380 g/mol. The smallest absolute Gasteiger partial charge is 0.268 e. The fourth-order valence-corrected chi connectivity index (χ4v) is 3.82. The van der Waals surface area contributed by atoms with E-state index in [0.717, 1.165) is 10.6 Å². The van der Waals surface area contributed by atoms with Crippen molar-refractivity contribution < 1.29 is 13.6 Å². The number of benzene rings is 1. The molecule has 0 saturated carbocycles. The molecule has 152 valence electrons. The second-order valence-corrected chi connectivity index (χ2v) is 7.15. The number of hydrogen-bond acceptors (Lipinski definition) is 5. The van der Waals surface area contributed by atoms with E-state index in [1.807, 2.05) is 6.92 Å². The van der Waals surface area contributed by atoms with Gasteiger partial charge in [-0.05, 0) is 19.9 Å². The van der Waals surface area contributed by atoms with Crippen molar-refractivity contribution in [3.05, 3.63) is 58.4 Å². The lowest BCUT2D eigenvalue weighted by atomic mass is 10.1. The van der Waals surface area contributed by atoms with Gasteiger partial charge in [-0.25, -0.2) is 13.8 Å². The predicted molar refractivity (Wildman–Crippen MR) is 105 cm³/mol. The molecule has 1 atom stereocenters. The number of nitrogens with zero attached hydrogens (tertiary/aromatic N) is 4. The second-order valence-electron chi connectivity index (χ2n) is 7.15. The molecule has 3 aromatic rings.